The van der Waals surface area contributed by atoms with E-state index in [2.05, 4.69) is 37.4 Å². The zero-order valence-electron chi connectivity index (χ0n) is 21.0. The molecule has 0 saturated carbocycles. The van der Waals surface area contributed by atoms with Crippen LogP contribution in [0.4, 0.5) is 5.69 Å². The minimum atomic E-state index is -0.0284. The second-order valence-electron chi connectivity index (χ2n) is 9.55. The first-order valence-corrected chi connectivity index (χ1v) is 12.5. The van der Waals surface area contributed by atoms with E-state index in [0.29, 0.717) is 38.5 Å². The Kier molecular flexibility index (Phi) is 8.30. The normalized spacial score (nSPS) is 15.8. The van der Waals surface area contributed by atoms with Gasteiger partial charge in [-0.25, -0.2) is 0 Å². The van der Waals surface area contributed by atoms with Gasteiger partial charge in [0.05, 0.1) is 13.2 Å². The lowest BCUT2D eigenvalue weighted by molar-refractivity contribution is -0.135. The van der Waals surface area contributed by atoms with Crippen LogP contribution >= 0.6 is 0 Å². The molecule has 35 heavy (non-hydrogen) atoms. The second kappa shape index (κ2) is 11.8. The van der Waals surface area contributed by atoms with Crippen molar-refractivity contribution in [2.24, 2.45) is 5.92 Å². The Labute approximate surface area is 209 Å². The molecule has 0 bridgehead atoms. The first-order valence-electron chi connectivity index (χ1n) is 12.5. The summed E-state index contributed by atoms with van der Waals surface area (Å²) in [5, 5.41) is 3.57. The Morgan fingerprint density at radius 2 is 1.74 bits per heavy atom. The standard InChI is InChI=1S/C30H36N2O3/c1-22(2)18-26-21-35-29-15-9-6-11-24(29)19-31-27-13-7-4-12-25(27)20-32(26)30(33)17-16-23-10-5-8-14-28(23)34-3/h4-15,22,26,31H,16-21H2,1-3H3/t26-/m0/s1. The maximum absolute atomic E-state index is 13.8. The molecular weight excluding hydrogens is 436 g/mol. The lowest BCUT2D eigenvalue weighted by Gasteiger charge is -2.33. The highest BCUT2D eigenvalue weighted by Crippen LogP contribution is 2.27. The number of nitrogens with zero attached hydrogens (tertiary/aromatic N) is 1. The van der Waals surface area contributed by atoms with E-state index in [1.54, 1.807) is 7.11 Å². The number of fused-ring (bicyclic) bond motifs is 2. The number of hydrogen-bond donors (Lipinski definition) is 1. The number of methoxy groups -OCH3 is 1. The first kappa shape index (κ1) is 24.6. The third kappa shape index (κ3) is 6.36. The van der Waals surface area contributed by atoms with Crippen LogP contribution in [0.1, 0.15) is 43.4 Å². The van der Waals surface area contributed by atoms with Gasteiger partial charge in [-0.3, -0.25) is 4.79 Å². The number of para-hydroxylation sites is 3. The van der Waals surface area contributed by atoms with Gasteiger partial charge in [0, 0.05) is 30.8 Å². The van der Waals surface area contributed by atoms with E-state index in [0.717, 1.165) is 40.3 Å². The predicted octanol–water partition coefficient (Wildman–Crippen LogP) is 6.08. The van der Waals surface area contributed by atoms with Crippen molar-refractivity contribution >= 4 is 11.6 Å². The van der Waals surface area contributed by atoms with Crippen molar-refractivity contribution in [3.63, 3.8) is 0 Å². The summed E-state index contributed by atoms with van der Waals surface area (Å²) >= 11 is 0. The Morgan fingerprint density at radius 3 is 2.54 bits per heavy atom. The van der Waals surface area contributed by atoms with Crippen molar-refractivity contribution in [1.82, 2.24) is 4.90 Å². The second-order valence-corrected chi connectivity index (χ2v) is 9.55. The Bertz CT molecular complexity index is 1130. The molecule has 0 aliphatic carbocycles. The van der Waals surface area contributed by atoms with Crippen LogP contribution in [0.2, 0.25) is 0 Å². The number of carbonyl (C=O) groups is 1. The third-order valence-electron chi connectivity index (χ3n) is 6.54. The molecule has 5 nitrogen and oxygen atoms in total. The van der Waals surface area contributed by atoms with E-state index in [4.69, 9.17) is 9.47 Å². The van der Waals surface area contributed by atoms with Crippen molar-refractivity contribution in [2.75, 3.05) is 19.0 Å². The fraction of sp³-hybridized carbons (Fsp3) is 0.367. The van der Waals surface area contributed by atoms with Gasteiger partial charge in [0.1, 0.15) is 18.1 Å². The monoisotopic (exact) mass is 472 g/mol. The SMILES string of the molecule is COc1ccccc1CCC(=O)N1Cc2ccccc2NCc2ccccc2OC[C@@H]1CC(C)C. The van der Waals surface area contributed by atoms with Crippen molar-refractivity contribution in [3.8, 4) is 11.5 Å². The molecule has 0 spiro atoms. The van der Waals surface area contributed by atoms with Gasteiger partial charge in [0.15, 0.2) is 0 Å². The fourth-order valence-electron chi connectivity index (χ4n) is 4.73. The van der Waals surface area contributed by atoms with E-state index in [1.165, 1.54) is 0 Å². The average Bonchev–Trinajstić information content (AvgIpc) is 2.90. The smallest absolute Gasteiger partial charge is 0.223 e. The summed E-state index contributed by atoms with van der Waals surface area (Å²) < 4.78 is 11.9. The van der Waals surface area contributed by atoms with Crippen LogP contribution < -0.4 is 14.8 Å². The zero-order chi connectivity index (χ0) is 24.6. The number of anilines is 1. The quantitative estimate of drug-likeness (QED) is 0.473. The molecule has 1 N–H and O–H groups in total. The molecule has 1 amide bonds. The highest BCUT2D eigenvalue weighted by Gasteiger charge is 2.27. The molecule has 0 fully saturated rings. The molecule has 5 heteroatoms. The molecule has 1 aliphatic rings. The summed E-state index contributed by atoms with van der Waals surface area (Å²) in [6.07, 6.45) is 1.93. The maximum Gasteiger partial charge on any atom is 0.223 e. The van der Waals surface area contributed by atoms with Gasteiger partial charge in [-0.2, -0.15) is 0 Å². The molecule has 184 valence electrons. The molecule has 3 aromatic carbocycles. The van der Waals surface area contributed by atoms with Gasteiger partial charge < -0.3 is 19.7 Å². The van der Waals surface area contributed by atoms with Crippen LogP contribution in [0, 0.1) is 5.92 Å². The van der Waals surface area contributed by atoms with Crippen LogP contribution in [0.3, 0.4) is 0 Å². The molecule has 1 heterocycles. The van der Waals surface area contributed by atoms with Gasteiger partial charge >= 0.3 is 0 Å². The van der Waals surface area contributed by atoms with Crippen LogP contribution in [0.25, 0.3) is 0 Å². The van der Waals surface area contributed by atoms with E-state index >= 15 is 0 Å². The Morgan fingerprint density at radius 1 is 1.03 bits per heavy atom. The van der Waals surface area contributed by atoms with Crippen LogP contribution in [0.15, 0.2) is 72.8 Å². The summed E-state index contributed by atoms with van der Waals surface area (Å²) in [5.74, 6) is 2.26. The number of amides is 1. The highest BCUT2D eigenvalue weighted by molar-refractivity contribution is 5.77. The van der Waals surface area contributed by atoms with Crippen molar-refractivity contribution in [3.05, 3.63) is 89.5 Å². The molecule has 0 unspecified atom stereocenters. The topological polar surface area (TPSA) is 50.8 Å². The molecular formula is C30H36N2O3. The number of nitrogens with one attached hydrogen (secondary N) is 1. The Hall–Kier alpha value is -3.47. The molecule has 3 aromatic rings. The van der Waals surface area contributed by atoms with Crippen molar-refractivity contribution < 1.29 is 14.3 Å². The van der Waals surface area contributed by atoms with E-state index in [-0.39, 0.29) is 11.9 Å². The number of hydrogen-bond acceptors (Lipinski definition) is 4. The van der Waals surface area contributed by atoms with Gasteiger partial charge in [0.25, 0.3) is 0 Å². The highest BCUT2D eigenvalue weighted by atomic mass is 16.5. The Balaban J connectivity index is 1.65. The van der Waals surface area contributed by atoms with Crippen LogP contribution in [0.5, 0.6) is 11.5 Å². The zero-order valence-corrected chi connectivity index (χ0v) is 21.0. The van der Waals surface area contributed by atoms with E-state index < -0.39 is 0 Å². The minimum Gasteiger partial charge on any atom is -0.496 e. The van der Waals surface area contributed by atoms with Crippen LogP contribution in [-0.4, -0.2) is 30.6 Å². The van der Waals surface area contributed by atoms with Gasteiger partial charge in [0.2, 0.25) is 5.91 Å². The maximum atomic E-state index is 13.8. The van der Waals surface area contributed by atoms with Gasteiger partial charge in [-0.15, -0.1) is 0 Å². The van der Waals surface area contributed by atoms with Gasteiger partial charge in [-0.05, 0) is 48.1 Å². The molecule has 1 atom stereocenters. The number of aryl methyl sites for hydroxylation is 1. The fourth-order valence-corrected chi connectivity index (χ4v) is 4.73. The molecule has 0 aromatic heterocycles. The number of ether oxygens (including phenoxy) is 2. The van der Waals surface area contributed by atoms with Crippen molar-refractivity contribution in [1.29, 1.82) is 0 Å². The summed E-state index contributed by atoms with van der Waals surface area (Å²) in [6.45, 7) is 6.09. The first-order chi connectivity index (χ1) is 17.0. The van der Waals surface area contributed by atoms with Crippen LogP contribution in [-0.2, 0) is 24.3 Å². The lowest BCUT2D eigenvalue weighted by atomic mass is 10.0. The summed E-state index contributed by atoms with van der Waals surface area (Å²) in [7, 11) is 1.67. The molecule has 1 aliphatic heterocycles. The molecule has 4 rings (SSSR count). The van der Waals surface area contributed by atoms with Crippen molar-refractivity contribution in [2.45, 2.75) is 52.2 Å². The number of benzene rings is 3. The van der Waals surface area contributed by atoms with Gasteiger partial charge in [-0.1, -0.05) is 68.4 Å². The molecule has 0 radical (unpaired) electrons. The third-order valence-corrected chi connectivity index (χ3v) is 6.54. The predicted molar refractivity (Wildman–Crippen MR) is 141 cm³/mol. The summed E-state index contributed by atoms with van der Waals surface area (Å²) in [4.78, 5) is 15.8. The minimum absolute atomic E-state index is 0.0284. The molecule has 0 saturated heterocycles. The van der Waals surface area contributed by atoms with E-state index in [1.807, 2.05) is 59.5 Å². The number of carbonyl (C=O) groups excluding carboxylic acids is 1. The van der Waals surface area contributed by atoms with E-state index in [9.17, 15) is 4.79 Å². The summed E-state index contributed by atoms with van der Waals surface area (Å²) in [5.41, 5.74) is 4.33. The largest absolute Gasteiger partial charge is 0.496 e. The number of rotatable bonds is 6. The summed E-state index contributed by atoms with van der Waals surface area (Å²) in [6, 6.07) is 24.3. The lowest BCUT2D eigenvalue weighted by Crippen LogP contribution is -2.44. The average molecular weight is 473 g/mol.